The van der Waals surface area contributed by atoms with Crippen LogP contribution in [0, 0.1) is 17.2 Å². The molecule has 0 amide bonds. The molecule has 0 saturated carbocycles. The molecule has 0 saturated heterocycles. The molecule has 1 unspecified atom stereocenters. The van der Waals surface area contributed by atoms with Crippen LogP contribution in [0.25, 0.3) is 0 Å². The van der Waals surface area contributed by atoms with Crippen molar-refractivity contribution in [3.63, 3.8) is 0 Å². The Morgan fingerprint density at radius 1 is 1.14 bits per heavy atom. The van der Waals surface area contributed by atoms with E-state index < -0.39 is 5.54 Å². The van der Waals surface area contributed by atoms with E-state index in [1.165, 1.54) is 0 Å². The Morgan fingerprint density at radius 2 is 1.81 bits per heavy atom. The lowest BCUT2D eigenvalue weighted by Gasteiger charge is -2.26. The van der Waals surface area contributed by atoms with E-state index in [9.17, 15) is 5.26 Å². The number of hydrogen-bond donors (Lipinski definition) is 1. The Hall–Kier alpha value is -1.41. The van der Waals surface area contributed by atoms with Crippen LogP contribution in [0.1, 0.15) is 25.8 Å². The Morgan fingerprint density at radius 3 is 2.38 bits per heavy atom. The van der Waals surface area contributed by atoms with Crippen molar-refractivity contribution in [2.75, 3.05) is 33.5 Å². The Kier molecular flexibility index (Phi) is 7.99. The summed E-state index contributed by atoms with van der Waals surface area (Å²) in [6, 6.07) is 12.1. The van der Waals surface area contributed by atoms with Gasteiger partial charge < -0.3 is 9.47 Å². The molecular weight excluding hydrogens is 264 g/mol. The minimum Gasteiger partial charge on any atom is -0.379 e. The molecule has 0 heterocycles. The maximum absolute atomic E-state index is 9.54. The van der Waals surface area contributed by atoms with Crippen molar-refractivity contribution in [3.05, 3.63) is 35.9 Å². The van der Waals surface area contributed by atoms with E-state index in [2.05, 4.69) is 25.2 Å². The Balaban J connectivity index is 2.38. The van der Waals surface area contributed by atoms with Crippen molar-refractivity contribution in [1.82, 2.24) is 5.32 Å². The maximum Gasteiger partial charge on any atom is 0.134 e. The molecule has 116 valence electrons. The number of hydrogen-bond acceptors (Lipinski definition) is 4. The van der Waals surface area contributed by atoms with Gasteiger partial charge in [-0.2, -0.15) is 5.26 Å². The van der Waals surface area contributed by atoms with Crippen LogP contribution in [0.3, 0.4) is 0 Å². The second-order valence-corrected chi connectivity index (χ2v) is 5.46. The summed E-state index contributed by atoms with van der Waals surface area (Å²) in [7, 11) is 1.81. The van der Waals surface area contributed by atoms with Gasteiger partial charge in [0.1, 0.15) is 5.54 Å². The predicted octanol–water partition coefficient (Wildman–Crippen LogP) is 2.70. The second-order valence-electron chi connectivity index (χ2n) is 5.46. The molecule has 1 aromatic rings. The van der Waals surface area contributed by atoms with Gasteiger partial charge in [0.2, 0.25) is 0 Å². The molecule has 1 N–H and O–H groups in total. The zero-order chi connectivity index (χ0) is 15.6. The lowest BCUT2D eigenvalue weighted by atomic mass is 9.88. The van der Waals surface area contributed by atoms with E-state index in [4.69, 9.17) is 9.47 Å². The average Bonchev–Trinajstić information content (AvgIpc) is 2.51. The molecule has 21 heavy (non-hydrogen) atoms. The van der Waals surface area contributed by atoms with Gasteiger partial charge in [-0.15, -0.1) is 0 Å². The van der Waals surface area contributed by atoms with Gasteiger partial charge in [0, 0.05) is 19.6 Å². The number of nitrogens with one attached hydrogen (secondary N) is 1. The first-order valence-electron chi connectivity index (χ1n) is 7.46. The summed E-state index contributed by atoms with van der Waals surface area (Å²) in [6.07, 6.45) is 0.605. The smallest absolute Gasteiger partial charge is 0.134 e. The molecule has 0 bridgehead atoms. The first-order chi connectivity index (χ1) is 10.1. The van der Waals surface area contributed by atoms with Crippen LogP contribution in [0.5, 0.6) is 0 Å². The quantitative estimate of drug-likeness (QED) is 0.673. The maximum atomic E-state index is 9.54. The van der Waals surface area contributed by atoms with E-state index in [-0.39, 0.29) is 0 Å². The number of rotatable bonds is 10. The first-order valence-corrected chi connectivity index (χ1v) is 7.46. The SMILES string of the molecule is CNC(C#N)(CCOCCOCC(C)C)c1ccccc1. The van der Waals surface area contributed by atoms with Crippen LogP contribution in [-0.2, 0) is 15.0 Å². The van der Waals surface area contributed by atoms with Crippen molar-refractivity contribution in [3.8, 4) is 6.07 Å². The van der Waals surface area contributed by atoms with Gasteiger partial charge in [-0.25, -0.2) is 0 Å². The normalized spacial score (nSPS) is 13.9. The molecule has 0 fully saturated rings. The molecule has 1 rings (SSSR count). The topological polar surface area (TPSA) is 54.3 Å². The molecular formula is C17H26N2O2. The molecule has 0 spiro atoms. The number of nitrogens with zero attached hydrogens (tertiary/aromatic N) is 1. The zero-order valence-electron chi connectivity index (χ0n) is 13.3. The third-order valence-electron chi connectivity index (χ3n) is 3.33. The van der Waals surface area contributed by atoms with Crippen molar-refractivity contribution < 1.29 is 9.47 Å². The van der Waals surface area contributed by atoms with E-state index in [1.54, 1.807) is 0 Å². The van der Waals surface area contributed by atoms with Gasteiger partial charge in [-0.3, -0.25) is 5.32 Å². The molecule has 0 aliphatic carbocycles. The van der Waals surface area contributed by atoms with Gasteiger partial charge >= 0.3 is 0 Å². The minimum absolute atomic E-state index is 0.522. The van der Waals surface area contributed by atoms with Crippen LogP contribution >= 0.6 is 0 Å². The number of benzene rings is 1. The second kappa shape index (κ2) is 9.51. The molecule has 0 aliphatic rings. The largest absolute Gasteiger partial charge is 0.379 e. The monoisotopic (exact) mass is 290 g/mol. The summed E-state index contributed by atoms with van der Waals surface area (Å²) in [5, 5.41) is 12.7. The summed E-state index contributed by atoms with van der Waals surface area (Å²) >= 11 is 0. The summed E-state index contributed by atoms with van der Waals surface area (Å²) in [5.41, 5.74) is 0.273. The van der Waals surface area contributed by atoms with Crippen molar-refractivity contribution in [2.24, 2.45) is 5.92 Å². The summed E-state index contributed by atoms with van der Waals surface area (Å²) in [6.45, 7) is 6.68. The fraction of sp³-hybridized carbons (Fsp3) is 0.588. The molecule has 4 heteroatoms. The van der Waals surface area contributed by atoms with Crippen LogP contribution < -0.4 is 5.32 Å². The fourth-order valence-electron chi connectivity index (χ4n) is 2.08. The predicted molar refractivity (Wildman–Crippen MR) is 83.9 cm³/mol. The highest BCUT2D eigenvalue weighted by atomic mass is 16.5. The number of nitriles is 1. The van der Waals surface area contributed by atoms with E-state index in [0.29, 0.717) is 32.2 Å². The van der Waals surface area contributed by atoms with Gasteiger partial charge in [-0.05, 0) is 18.5 Å². The van der Waals surface area contributed by atoms with E-state index in [0.717, 1.165) is 12.2 Å². The van der Waals surface area contributed by atoms with E-state index in [1.807, 2.05) is 37.4 Å². The molecule has 0 radical (unpaired) electrons. The van der Waals surface area contributed by atoms with Crippen molar-refractivity contribution in [1.29, 1.82) is 5.26 Å². The standard InChI is InChI=1S/C17H26N2O2/c1-15(2)13-21-12-11-20-10-9-17(14-18,19-3)16-7-5-4-6-8-16/h4-8,15,19H,9-13H2,1-3H3. The summed E-state index contributed by atoms with van der Waals surface area (Å²) in [5.74, 6) is 0.540. The molecule has 4 nitrogen and oxygen atoms in total. The number of ether oxygens (including phenoxy) is 2. The summed E-state index contributed by atoms with van der Waals surface area (Å²) < 4.78 is 11.0. The van der Waals surface area contributed by atoms with Crippen LogP contribution in [0.15, 0.2) is 30.3 Å². The third-order valence-corrected chi connectivity index (χ3v) is 3.33. The lowest BCUT2D eigenvalue weighted by Crippen LogP contribution is -2.39. The lowest BCUT2D eigenvalue weighted by molar-refractivity contribution is 0.0328. The van der Waals surface area contributed by atoms with Crippen molar-refractivity contribution >= 4 is 0 Å². The highest BCUT2D eigenvalue weighted by Gasteiger charge is 2.29. The Bertz CT molecular complexity index is 428. The molecule has 0 aromatic heterocycles. The van der Waals surface area contributed by atoms with Crippen LogP contribution in [0.4, 0.5) is 0 Å². The Labute approximate surface area is 128 Å². The van der Waals surface area contributed by atoms with Crippen LogP contribution in [0.2, 0.25) is 0 Å². The zero-order valence-corrected chi connectivity index (χ0v) is 13.3. The molecule has 1 aromatic carbocycles. The van der Waals surface area contributed by atoms with Gasteiger partial charge in [0.05, 0.1) is 19.3 Å². The highest BCUT2D eigenvalue weighted by Crippen LogP contribution is 2.23. The first kappa shape index (κ1) is 17.6. The minimum atomic E-state index is -0.694. The highest BCUT2D eigenvalue weighted by molar-refractivity contribution is 5.31. The van der Waals surface area contributed by atoms with Crippen LogP contribution in [-0.4, -0.2) is 33.5 Å². The average molecular weight is 290 g/mol. The van der Waals surface area contributed by atoms with Gasteiger partial charge in [-0.1, -0.05) is 44.2 Å². The summed E-state index contributed by atoms with van der Waals surface area (Å²) in [4.78, 5) is 0. The molecule has 0 aliphatic heterocycles. The fourth-order valence-corrected chi connectivity index (χ4v) is 2.08. The van der Waals surface area contributed by atoms with Crippen molar-refractivity contribution in [2.45, 2.75) is 25.8 Å². The van der Waals surface area contributed by atoms with Gasteiger partial charge in [0.25, 0.3) is 0 Å². The van der Waals surface area contributed by atoms with Gasteiger partial charge in [0.15, 0.2) is 0 Å². The molecule has 1 atom stereocenters. The van der Waals surface area contributed by atoms with E-state index >= 15 is 0 Å². The third kappa shape index (κ3) is 5.84.